The molecule has 0 fully saturated rings. The van der Waals surface area contributed by atoms with Crippen molar-refractivity contribution in [3.63, 3.8) is 0 Å². The molecule has 0 heterocycles. The Kier molecular flexibility index (Phi) is 17.9. The van der Waals surface area contributed by atoms with Gasteiger partial charge in [0, 0.05) is 11.3 Å². The Morgan fingerprint density at radius 2 is 1.26 bits per heavy atom. The number of allylic oxidation sites excluding steroid dienone is 1. The minimum atomic E-state index is 0.904. The van der Waals surface area contributed by atoms with Gasteiger partial charge in [0.1, 0.15) is 0 Å². The molecule has 0 spiro atoms. The molecule has 0 aliphatic heterocycles. The molecule has 1 aromatic rings. The minimum Gasteiger partial charge on any atom is -0.398 e. The zero-order chi connectivity index (χ0) is 16.0. The van der Waals surface area contributed by atoms with Crippen molar-refractivity contribution >= 4 is 5.70 Å². The van der Waals surface area contributed by atoms with E-state index >= 15 is 0 Å². The highest BCUT2D eigenvalue weighted by molar-refractivity contribution is 5.68. The fourth-order valence-corrected chi connectivity index (χ4v) is 1.30. The summed E-state index contributed by atoms with van der Waals surface area (Å²) in [5.41, 5.74) is 11.7. The number of hydrogen-bond donors (Lipinski definition) is 1. The lowest BCUT2D eigenvalue weighted by atomic mass is 10.0. The first-order valence-corrected chi connectivity index (χ1v) is 7.53. The van der Waals surface area contributed by atoms with Crippen LogP contribution in [-0.2, 0) is 0 Å². The molecule has 0 bridgehead atoms. The van der Waals surface area contributed by atoms with Gasteiger partial charge in [0.05, 0.1) is 0 Å². The van der Waals surface area contributed by atoms with E-state index in [0.29, 0.717) is 0 Å². The van der Waals surface area contributed by atoms with Crippen LogP contribution in [0.3, 0.4) is 0 Å². The molecule has 1 rings (SSSR count). The van der Waals surface area contributed by atoms with Gasteiger partial charge in [0.15, 0.2) is 0 Å². The Bertz CT molecular complexity index is 345. The topological polar surface area (TPSA) is 26.0 Å². The van der Waals surface area contributed by atoms with Crippen LogP contribution in [-0.4, -0.2) is 0 Å². The van der Waals surface area contributed by atoms with E-state index in [2.05, 4.69) is 32.0 Å². The largest absolute Gasteiger partial charge is 0.398 e. The third-order valence-electron chi connectivity index (χ3n) is 2.22. The van der Waals surface area contributed by atoms with Gasteiger partial charge in [0.2, 0.25) is 0 Å². The van der Waals surface area contributed by atoms with E-state index in [1.165, 1.54) is 22.3 Å². The standard InChI is InChI=1S/C12H17N.3C2H6/c1-8(2)12(13)11-7-9(3)5-6-10(11)4;3*1-2/h5-7H,13H2,1-4H3;3*1-2H3. The van der Waals surface area contributed by atoms with E-state index < -0.39 is 0 Å². The highest BCUT2D eigenvalue weighted by Gasteiger charge is 2.02. The Morgan fingerprint density at radius 3 is 1.63 bits per heavy atom. The molecule has 0 radical (unpaired) electrons. The van der Waals surface area contributed by atoms with Crippen molar-refractivity contribution < 1.29 is 0 Å². The van der Waals surface area contributed by atoms with Crippen LogP contribution in [0.2, 0.25) is 0 Å². The Labute approximate surface area is 121 Å². The third-order valence-corrected chi connectivity index (χ3v) is 2.22. The highest BCUT2D eigenvalue weighted by Crippen LogP contribution is 2.18. The number of hydrogen-bond acceptors (Lipinski definition) is 1. The van der Waals surface area contributed by atoms with Crippen LogP contribution in [0.15, 0.2) is 23.8 Å². The predicted octanol–water partition coefficient (Wildman–Crippen LogP) is 6.09. The lowest BCUT2D eigenvalue weighted by Gasteiger charge is -2.08. The fourth-order valence-electron chi connectivity index (χ4n) is 1.30. The van der Waals surface area contributed by atoms with Crippen LogP contribution in [0.5, 0.6) is 0 Å². The predicted molar refractivity (Wildman–Crippen MR) is 92.4 cm³/mol. The summed E-state index contributed by atoms with van der Waals surface area (Å²) < 4.78 is 0. The van der Waals surface area contributed by atoms with Crippen LogP contribution >= 0.6 is 0 Å². The van der Waals surface area contributed by atoms with Crippen molar-refractivity contribution in [2.75, 3.05) is 0 Å². The molecule has 0 aromatic heterocycles. The minimum absolute atomic E-state index is 0.904. The van der Waals surface area contributed by atoms with Crippen LogP contribution in [0, 0.1) is 13.8 Å². The maximum atomic E-state index is 5.99. The van der Waals surface area contributed by atoms with Gasteiger partial charge in [0.25, 0.3) is 0 Å². The monoisotopic (exact) mass is 265 g/mol. The van der Waals surface area contributed by atoms with Crippen molar-refractivity contribution in [3.05, 3.63) is 40.5 Å². The molecule has 0 aliphatic rings. The quantitative estimate of drug-likeness (QED) is 0.653. The first-order valence-electron chi connectivity index (χ1n) is 7.53. The van der Waals surface area contributed by atoms with Crippen molar-refractivity contribution in [2.24, 2.45) is 5.73 Å². The van der Waals surface area contributed by atoms with E-state index in [0.717, 1.165) is 5.70 Å². The van der Waals surface area contributed by atoms with Gasteiger partial charge in [-0.2, -0.15) is 0 Å². The van der Waals surface area contributed by atoms with E-state index in [1.54, 1.807) is 0 Å². The number of aryl methyl sites for hydroxylation is 2. The average molecular weight is 265 g/mol. The third kappa shape index (κ3) is 9.35. The molecule has 0 saturated carbocycles. The van der Waals surface area contributed by atoms with Gasteiger partial charge in [-0.05, 0) is 39.3 Å². The van der Waals surface area contributed by atoms with Crippen molar-refractivity contribution in [3.8, 4) is 0 Å². The average Bonchev–Trinajstić information content (AvgIpc) is 2.47. The second-order valence-corrected chi connectivity index (χ2v) is 3.73. The molecule has 1 heteroatoms. The smallest absolute Gasteiger partial charge is 0.0376 e. The molecule has 0 unspecified atom stereocenters. The van der Waals surface area contributed by atoms with E-state index in [1.807, 2.05) is 55.4 Å². The van der Waals surface area contributed by atoms with E-state index in [-0.39, 0.29) is 0 Å². The fraction of sp³-hybridized carbons (Fsp3) is 0.556. The summed E-state index contributed by atoms with van der Waals surface area (Å²) in [4.78, 5) is 0. The van der Waals surface area contributed by atoms with Crippen LogP contribution < -0.4 is 5.73 Å². The summed E-state index contributed by atoms with van der Waals surface area (Å²) in [6.07, 6.45) is 0. The lowest BCUT2D eigenvalue weighted by molar-refractivity contribution is 1.29. The van der Waals surface area contributed by atoms with E-state index in [4.69, 9.17) is 5.73 Å². The molecule has 112 valence electrons. The van der Waals surface area contributed by atoms with Gasteiger partial charge in [-0.25, -0.2) is 0 Å². The highest BCUT2D eigenvalue weighted by atomic mass is 14.6. The zero-order valence-corrected chi connectivity index (χ0v) is 14.8. The second-order valence-electron chi connectivity index (χ2n) is 3.73. The van der Waals surface area contributed by atoms with Gasteiger partial charge < -0.3 is 5.73 Å². The number of benzene rings is 1. The first kappa shape index (κ1) is 22.9. The summed E-state index contributed by atoms with van der Waals surface area (Å²) in [7, 11) is 0. The van der Waals surface area contributed by atoms with Crippen molar-refractivity contribution in [1.82, 2.24) is 0 Å². The summed E-state index contributed by atoms with van der Waals surface area (Å²) in [5, 5.41) is 0. The molecule has 0 aliphatic carbocycles. The maximum absolute atomic E-state index is 5.99. The Morgan fingerprint density at radius 1 is 0.842 bits per heavy atom. The Balaban J connectivity index is -0.000000375. The van der Waals surface area contributed by atoms with Gasteiger partial charge in [-0.15, -0.1) is 0 Å². The molecule has 0 saturated heterocycles. The summed E-state index contributed by atoms with van der Waals surface area (Å²) >= 11 is 0. The molecule has 0 atom stereocenters. The first-order chi connectivity index (χ1) is 9.02. The molecular weight excluding hydrogens is 230 g/mol. The molecule has 19 heavy (non-hydrogen) atoms. The Hall–Kier alpha value is -1.24. The van der Waals surface area contributed by atoms with Crippen molar-refractivity contribution in [2.45, 2.75) is 69.2 Å². The molecule has 0 amide bonds. The van der Waals surface area contributed by atoms with Crippen LogP contribution in [0.1, 0.15) is 72.1 Å². The van der Waals surface area contributed by atoms with Gasteiger partial charge in [-0.1, -0.05) is 64.8 Å². The van der Waals surface area contributed by atoms with Crippen LogP contribution in [0.4, 0.5) is 0 Å². The second kappa shape index (κ2) is 14.8. The molecular formula is C18H35N. The van der Waals surface area contributed by atoms with Gasteiger partial charge >= 0.3 is 0 Å². The normalized spacial score (nSPS) is 7.68. The lowest BCUT2D eigenvalue weighted by Crippen LogP contribution is -2.01. The molecule has 1 nitrogen and oxygen atoms in total. The maximum Gasteiger partial charge on any atom is 0.0376 e. The van der Waals surface area contributed by atoms with Gasteiger partial charge in [-0.3, -0.25) is 0 Å². The number of rotatable bonds is 1. The van der Waals surface area contributed by atoms with Crippen molar-refractivity contribution in [1.29, 1.82) is 0 Å². The molecule has 1 aromatic carbocycles. The molecule has 2 N–H and O–H groups in total. The number of nitrogens with two attached hydrogens (primary N) is 1. The SMILES string of the molecule is CC.CC.CC.CC(C)=C(N)c1cc(C)ccc1C. The summed E-state index contributed by atoms with van der Waals surface area (Å²) in [6, 6.07) is 6.36. The van der Waals surface area contributed by atoms with Crippen LogP contribution in [0.25, 0.3) is 5.70 Å². The van der Waals surface area contributed by atoms with E-state index in [9.17, 15) is 0 Å². The summed E-state index contributed by atoms with van der Waals surface area (Å²) in [6.45, 7) is 20.3. The summed E-state index contributed by atoms with van der Waals surface area (Å²) in [5.74, 6) is 0. The zero-order valence-electron chi connectivity index (χ0n) is 14.8.